The Kier molecular flexibility index (Phi) is 1.72. The Hall–Kier alpha value is -1.18. The van der Waals surface area contributed by atoms with Crippen molar-refractivity contribution in [3.05, 3.63) is 36.3 Å². The third-order valence-corrected chi connectivity index (χ3v) is 2.41. The van der Waals surface area contributed by atoms with Gasteiger partial charge in [0.15, 0.2) is 0 Å². The minimum absolute atomic E-state index is 0.244. The number of hydrogen-bond donors (Lipinski definition) is 1. The molecule has 0 fully saturated rings. The summed E-state index contributed by atoms with van der Waals surface area (Å²) in [5.41, 5.74) is 1.50. The van der Waals surface area contributed by atoms with Gasteiger partial charge in [0.05, 0.1) is 5.70 Å². The average Bonchev–Trinajstić information content (AvgIpc) is 2.45. The molecule has 0 bridgehead atoms. The molecule has 2 nitrogen and oxygen atoms in total. The first kappa shape index (κ1) is 8.42. The monoisotopic (exact) mass is 176 g/mol. The van der Waals surface area contributed by atoms with Crippen LogP contribution in [-0.2, 0) is 0 Å². The molecule has 70 valence electrons. The molecule has 1 N–H and O–H groups in total. The Morgan fingerprint density at radius 3 is 2.77 bits per heavy atom. The molecular formula is C11H16N2. The smallest absolute Gasteiger partial charge is 0.108 e. The van der Waals surface area contributed by atoms with E-state index in [4.69, 9.17) is 0 Å². The molecule has 0 saturated carbocycles. The summed E-state index contributed by atoms with van der Waals surface area (Å²) in [6.07, 6.45) is 10.8. The maximum atomic E-state index is 3.40. The van der Waals surface area contributed by atoms with Crippen molar-refractivity contribution < 1.29 is 0 Å². The quantitative estimate of drug-likeness (QED) is 0.608. The minimum atomic E-state index is 0.244. The first-order valence-electron chi connectivity index (χ1n) is 4.68. The number of nitrogens with one attached hydrogen (secondary N) is 1. The second-order valence-corrected chi connectivity index (χ2v) is 4.61. The van der Waals surface area contributed by atoms with Gasteiger partial charge in [-0.05, 0) is 12.2 Å². The Labute approximate surface area is 79.6 Å². The van der Waals surface area contributed by atoms with Crippen LogP contribution in [0.3, 0.4) is 0 Å². The molecule has 2 rings (SSSR count). The van der Waals surface area contributed by atoms with Crippen molar-refractivity contribution in [3.8, 4) is 0 Å². The lowest BCUT2D eigenvalue weighted by Crippen LogP contribution is -2.44. The lowest BCUT2D eigenvalue weighted by molar-refractivity contribution is 0.179. The van der Waals surface area contributed by atoms with E-state index in [1.807, 2.05) is 0 Å². The van der Waals surface area contributed by atoms with Gasteiger partial charge in [-0.3, -0.25) is 0 Å². The molecule has 0 spiro atoms. The third kappa shape index (κ3) is 1.37. The lowest BCUT2D eigenvalue weighted by atomic mass is 9.91. The standard InChI is InChI=1S/C11H16N2/c1-11(2,3)10-12-8-9-6-4-5-7-13(9)10/h4-8,10,12H,1-3H3. The van der Waals surface area contributed by atoms with Crippen LogP contribution in [0.15, 0.2) is 36.3 Å². The number of nitrogens with zero attached hydrogens (tertiary/aromatic N) is 1. The average molecular weight is 176 g/mol. The highest BCUT2D eigenvalue weighted by Crippen LogP contribution is 2.30. The van der Waals surface area contributed by atoms with Crippen molar-refractivity contribution >= 4 is 0 Å². The van der Waals surface area contributed by atoms with Gasteiger partial charge in [-0.2, -0.15) is 0 Å². The first-order chi connectivity index (χ1) is 6.09. The summed E-state index contributed by atoms with van der Waals surface area (Å²) < 4.78 is 0. The molecule has 1 unspecified atom stereocenters. The largest absolute Gasteiger partial charge is 0.369 e. The second kappa shape index (κ2) is 2.66. The van der Waals surface area contributed by atoms with Crippen LogP contribution in [-0.4, -0.2) is 11.1 Å². The summed E-state index contributed by atoms with van der Waals surface area (Å²) >= 11 is 0. The Bertz CT molecular complexity index is 292. The van der Waals surface area contributed by atoms with E-state index in [9.17, 15) is 0 Å². The highest BCUT2D eigenvalue weighted by atomic mass is 15.3. The van der Waals surface area contributed by atoms with Crippen molar-refractivity contribution in [2.24, 2.45) is 5.41 Å². The van der Waals surface area contributed by atoms with Crippen molar-refractivity contribution in [1.82, 2.24) is 10.2 Å². The van der Waals surface area contributed by atoms with E-state index in [-0.39, 0.29) is 5.41 Å². The fourth-order valence-electron chi connectivity index (χ4n) is 1.74. The zero-order valence-electron chi connectivity index (χ0n) is 8.41. The lowest BCUT2D eigenvalue weighted by Gasteiger charge is -2.35. The Balaban J connectivity index is 2.23. The molecule has 0 saturated heterocycles. The molecule has 0 amide bonds. The van der Waals surface area contributed by atoms with Gasteiger partial charge in [-0.25, -0.2) is 0 Å². The summed E-state index contributed by atoms with van der Waals surface area (Å²) in [7, 11) is 0. The predicted octanol–water partition coefficient (Wildman–Crippen LogP) is 2.19. The number of rotatable bonds is 0. The molecule has 1 atom stereocenters. The molecule has 2 aliphatic heterocycles. The maximum Gasteiger partial charge on any atom is 0.108 e. The van der Waals surface area contributed by atoms with Crippen LogP contribution in [0.1, 0.15) is 20.8 Å². The summed E-state index contributed by atoms with van der Waals surface area (Å²) in [6, 6.07) is 0. The van der Waals surface area contributed by atoms with Crippen LogP contribution in [0.5, 0.6) is 0 Å². The van der Waals surface area contributed by atoms with Crippen molar-refractivity contribution in [2.45, 2.75) is 26.9 Å². The summed E-state index contributed by atoms with van der Waals surface area (Å²) in [5, 5.41) is 3.40. The Morgan fingerprint density at radius 1 is 1.31 bits per heavy atom. The minimum Gasteiger partial charge on any atom is -0.369 e. The number of fused-ring (bicyclic) bond motifs is 1. The number of allylic oxidation sites excluding steroid dienone is 3. The van der Waals surface area contributed by atoms with Gasteiger partial charge in [0.25, 0.3) is 0 Å². The molecule has 2 aliphatic rings. The summed E-state index contributed by atoms with van der Waals surface area (Å²) in [5.74, 6) is 0. The summed E-state index contributed by atoms with van der Waals surface area (Å²) in [4.78, 5) is 2.28. The van der Waals surface area contributed by atoms with Crippen molar-refractivity contribution in [3.63, 3.8) is 0 Å². The number of hydrogen-bond acceptors (Lipinski definition) is 2. The third-order valence-electron chi connectivity index (χ3n) is 2.41. The van der Waals surface area contributed by atoms with Crippen molar-refractivity contribution in [2.75, 3.05) is 0 Å². The first-order valence-corrected chi connectivity index (χ1v) is 4.68. The van der Waals surface area contributed by atoms with Crippen LogP contribution in [0.4, 0.5) is 0 Å². The Morgan fingerprint density at radius 2 is 2.08 bits per heavy atom. The van der Waals surface area contributed by atoms with Crippen LogP contribution in [0.25, 0.3) is 0 Å². The van der Waals surface area contributed by atoms with Crippen LogP contribution in [0, 0.1) is 5.41 Å². The molecule has 2 heterocycles. The van der Waals surface area contributed by atoms with E-state index in [0.29, 0.717) is 6.17 Å². The molecule has 0 aromatic carbocycles. The van der Waals surface area contributed by atoms with Crippen molar-refractivity contribution in [1.29, 1.82) is 0 Å². The van der Waals surface area contributed by atoms with Gasteiger partial charge in [0.1, 0.15) is 6.17 Å². The van der Waals surface area contributed by atoms with Gasteiger partial charge >= 0.3 is 0 Å². The highest BCUT2D eigenvalue weighted by molar-refractivity contribution is 5.31. The van der Waals surface area contributed by atoms with E-state index in [2.05, 4.69) is 61.6 Å². The van der Waals surface area contributed by atoms with E-state index in [1.165, 1.54) is 5.70 Å². The fourth-order valence-corrected chi connectivity index (χ4v) is 1.74. The van der Waals surface area contributed by atoms with Crippen LogP contribution >= 0.6 is 0 Å². The van der Waals surface area contributed by atoms with Crippen LogP contribution < -0.4 is 5.32 Å². The van der Waals surface area contributed by atoms with Gasteiger partial charge in [0.2, 0.25) is 0 Å². The molecule has 0 aliphatic carbocycles. The van der Waals surface area contributed by atoms with Gasteiger partial charge in [-0.15, -0.1) is 0 Å². The normalized spacial score (nSPS) is 25.6. The molecule has 0 radical (unpaired) electrons. The SMILES string of the molecule is CC(C)(C)C1NC=C2C=CC=CN21. The molecule has 13 heavy (non-hydrogen) atoms. The van der Waals surface area contributed by atoms with E-state index in [1.54, 1.807) is 0 Å². The zero-order valence-corrected chi connectivity index (χ0v) is 8.41. The highest BCUT2D eigenvalue weighted by Gasteiger charge is 2.33. The summed E-state index contributed by atoms with van der Waals surface area (Å²) in [6.45, 7) is 6.73. The fraction of sp³-hybridized carbons (Fsp3) is 0.455. The molecule has 0 aromatic rings. The van der Waals surface area contributed by atoms with E-state index in [0.717, 1.165) is 0 Å². The molecule has 2 heteroatoms. The van der Waals surface area contributed by atoms with Gasteiger partial charge in [-0.1, -0.05) is 26.8 Å². The maximum absolute atomic E-state index is 3.40. The second-order valence-electron chi connectivity index (χ2n) is 4.61. The predicted molar refractivity (Wildman–Crippen MR) is 54.6 cm³/mol. The van der Waals surface area contributed by atoms with Crippen LogP contribution in [0.2, 0.25) is 0 Å². The zero-order chi connectivity index (χ0) is 9.47. The molecule has 0 aromatic heterocycles. The molecular weight excluding hydrogens is 160 g/mol. The van der Waals surface area contributed by atoms with E-state index >= 15 is 0 Å². The van der Waals surface area contributed by atoms with Gasteiger partial charge < -0.3 is 10.2 Å². The van der Waals surface area contributed by atoms with Gasteiger partial charge in [0, 0.05) is 17.8 Å². The van der Waals surface area contributed by atoms with E-state index < -0.39 is 0 Å². The topological polar surface area (TPSA) is 15.3 Å².